The van der Waals surface area contributed by atoms with Crippen LogP contribution in [-0.2, 0) is 11.2 Å². The van der Waals surface area contributed by atoms with Crippen LogP contribution in [0.1, 0.15) is 42.2 Å². The number of carboxylic acid groups (broad SMARTS) is 2. The summed E-state index contributed by atoms with van der Waals surface area (Å²) in [5.74, 6) is -2.74. The number of rotatable bonds is 7. The molecule has 5 aromatic carbocycles. The maximum atomic E-state index is 13.3. The van der Waals surface area contributed by atoms with E-state index >= 15 is 0 Å². The van der Waals surface area contributed by atoms with Crippen molar-refractivity contribution in [3.8, 4) is 0 Å². The second-order valence-corrected chi connectivity index (χ2v) is 9.19. The second kappa shape index (κ2) is 9.78. The highest BCUT2D eigenvalue weighted by Gasteiger charge is 2.21. The van der Waals surface area contributed by atoms with E-state index in [0.29, 0.717) is 51.6 Å². The highest BCUT2D eigenvalue weighted by atomic mass is 16.4. The highest BCUT2D eigenvalue weighted by Crippen LogP contribution is 2.36. The van der Waals surface area contributed by atoms with E-state index in [2.05, 4.69) is 11.4 Å². The molecule has 0 saturated carbocycles. The molecular weight excluding hydrogens is 482 g/mol. The lowest BCUT2D eigenvalue weighted by atomic mass is 9.88. The number of aryl methyl sites for hydroxylation is 1. The van der Waals surface area contributed by atoms with Gasteiger partial charge in [-0.2, -0.15) is 0 Å². The Kier molecular flexibility index (Phi) is 6.34. The van der Waals surface area contributed by atoms with Crippen molar-refractivity contribution < 1.29 is 29.4 Å². The Morgan fingerprint density at radius 2 is 1.61 bits per heavy atom. The number of carboxylic acids is 2. The number of carbonyl (C=O) groups is 4. The van der Waals surface area contributed by atoms with Gasteiger partial charge < -0.3 is 15.5 Å². The van der Waals surface area contributed by atoms with Crippen LogP contribution in [0.5, 0.6) is 0 Å². The smallest absolute Gasteiger partial charge is 0.336 e. The van der Waals surface area contributed by atoms with Crippen LogP contribution in [0.15, 0.2) is 66.7 Å². The van der Waals surface area contributed by atoms with E-state index in [1.165, 1.54) is 12.1 Å². The molecule has 0 fully saturated rings. The summed E-state index contributed by atoms with van der Waals surface area (Å²) in [6.45, 7) is 2.38. The van der Waals surface area contributed by atoms with Crippen molar-refractivity contribution in [3.63, 3.8) is 0 Å². The normalized spacial score (nSPS) is 11.8. The Bertz CT molecular complexity index is 1850. The lowest BCUT2D eigenvalue weighted by Crippen LogP contribution is -2.26. The zero-order valence-corrected chi connectivity index (χ0v) is 20.4. The van der Waals surface area contributed by atoms with Gasteiger partial charge in [-0.25, -0.2) is 9.59 Å². The predicted octanol–water partition coefficient (Wildman–Crippen LogP) is 4.52. The molecule has 188 valence electrons. The molecule has 38 heavy (non-hydrogen) atoms. The predicted molar refractivity (Wildman–Crippen MR) is 146 cm³/mol. The first-order valence-electron chi connectivity index (χ1n) is 12.0. The molecular formula is C31H23NO6. The maximum absolute atomic E-state index is 13.3. The molecule has 0 saturated heterocycles. The van der Waals surface area contributed by atoms with Gasteiger partial charge in [0, 0.05) is 29.1 Å². The lowest BCUT2D eigenvalue weighted by Gasteiger charge is -2.16. The molecule has 5 aromatic rings. The molecule has 7 nitrogen and oxygen atoms in total. The maximum Gasteiger partial charge on any atom is 0.336 e. The van der Waals surface area contributed by atoms with E-state index in [1.807, 2.05) is 25.1 Å². The Labute approximate surface area is 217 Å². The first kappa shape index (κ1) is 24.6. The van der Waals surface area contributed by atoms with E-state index in [0.717, 1.165) is 17.2 Å². The standard InChI is InChI=1S/C31H23NO6/c1-17-3-2-4-18(13-17)11-12-32-30(36)23-8-5-19-14-26-21(7-6-20(16-33)25(26)15-27(34)35)22-9-10-24(31(37)38)29(23)28(19)22/h2-10,13-16H,11-12H2,1H3,(H,32,36)(H,34,35)(H,37,38)/b25-15+. The number of hydrogen-bond donors (Lipinski definition) is 3. The van der Waals surface area contributed by atoms with Gasteiger partial charge in [0.1, 0.15) is 0 Å². The molecule has 0 bridgehead atoms. The highest BCUT2D eigenvalue weighted by molar-refractivity contribution is 6.28. The van der Waals surface area contributed by atoms with E-state index in [-0.39, 0.29) is 27.8 Å². The van der Waals surface area contributed by atoms with Gasteiger partial charge in [0.2, 0.25) is 0 Å². The van der Waals surface area contributed by atoms with Crippen LogP contribution in [0.25, 0.3) is 38.4 Å². The van der Waals surface area contributed by atoms with Crippen LogP contribution in [0.3, 0.4) is 0 Å². The molecule has 0 heterocycles. The fourth-order valence-corrected chi connectivity index (χ4v) is 5.10. The molecule has 0 unspecified atom stereocenters. The molecule has 0 aliphatic heterocycles. The third-order valence-corrected chi connectivity index (χ3v) is 6.76. The largest absolute Gasteiger partial charge is 0.478 e. The van der Waals surface area contributed by atoms with Crippen LogP contribution in [0, 0.1) is 6.92 Å². The number of fused-ring (bicyclic) bond motifs is 2. The molecule has 5 rings (SSSR count). The van der Waals surface area contributed by atoms with Crippen molar-refractivity contribution in [1.29, 1.82) is 0 Å². The summed E-state index contributed by atoms with van der Waals surface area (Å²) in [6.07, 6.45) is 2.22. The molecule has 3 N–H and O–H groups in total. The molecule has 0 aliphatic carbocycles. The summed E-state index contributed by atoms with van der Waals surface area (Å²) >= 11 is 0. The number of hydrogen-bond acceptors (Lipinski definition) is 4. The van der Waals surface area contributed by atoms with E-state index < -0.39 is 11.9 Å². The van der Waals surface area contributed by atoms with Gasteiger partial charge in [-0.05, 0) is 69.3 Å². The van der Waals surface area contributed by atoms with Gasteiger partial charge in [-0.15, -0.1) is 0 Å². The SMILES string of the molecule is Cc1cccc(CCNC(=O)c2ccc3cc4/c(=C/C(=O)O)c(C=O)ccc4c4ccc(C(=O)O)c2c34)c1. The summed E-state index contributed by atoms with van der Waals surface area (Å²) in [4.78, 5) is 48.6. The van der Waals surface area contributed by atoms with Gasteiger partial charge in [0.25, 0.3) is 5.91 Å². The Hall–Kier alpha value is -5.04. The van der Waals surface area contributed by atoms with Crippen molar-refractivity contribution in [1.82, 2.24) is 5.32 Å². The van der Waals surface area contributed by atoms with E-state index in [9.17, 15) is 29.4 Å². The Morgan fingerprint density at radius 3 is 2.32 bits per heavy atom. The number of benzene rings is 5. The average molecular weight is 506 g/mol. The lowest BCUT2D eigenvalue weighted by molar-refractivity contribution is -0.129. The van der Waals surface area contributed by atoms with Crippen molar-refractivity contribution in [2.24, 2.45) is 0 Å². The molecule has 0 spiro atoms. The number of aliphatic carboxylic acids is 1. The van der Waals surface area contributed by atoms with Crippen LogP contribution in [-0.4, -0.2) is 40.9 Å². The van der Waals surface area contributed by atoms with Crippen molar-refractivity contribution in [2.75, 3.05) is 6.54 Å². The van der Waals surface area contributed by atoms with Crippen LogP contribution < -0.4 is 10.5 Å². The second-order valence-electron chi connectivity index (χ2n) is 9.19. The van der Waals surface area contributed by atoms with Crippen LogP contribution in [0.4, 0.5) is 0 Å². The average Bonchev–Trinajstić information content (AvgIpc) is 2.88. The third kappa shape index (κ3) is 4.35. The van der Waals surface area contributed by atoms with Crippen LogP contribution >= 0.6 is 0 Å². The van der Waals surface area contributed by atoms with Gasteiger partial charge in [-0.3, -0.25) is 9.59 Å². The minimum atomic E-state index is -1.19. The Morgan fingerprint density at radius 1 is 0.842 bits per heavy atom. The molecule has 1 amide bonds. The molecule has 0 atom stereocenters. The van der Waals surface area contributed by atoms with Crippen molar-refractivity contribution in [2.45, 2.75) is 13.3 Å². The first-order valence-corrected chi connectivity index (χ1v) is 12.0. The molecule has 0 aliphatic rings. The summed E-state index contributed by atoms with van der Waals surface area (Å²) in [6, 6.07) is 19.4. The minimum Gasteiger partial charge on any atom is -0.478 e. The third-order valence-electron chi connectivity index (χ3n) is 6.76. The number of nitrogens with one attached hydrogen (secondary N) is 1. The van der Waals surface area contributed by atoms with Gasteiger partial charge in [-0.1, -0.05) is 54.1 Å². The van der Waals surface area contributed by atoms with Gasteiger partial charge in [0.15, 0.2) is 6.29 Å². The molecule has 0 aromatic heterocycles. The van der Waals surface area contributed by atoms with Crippen molar-refractivity contribution >= 4 is 62.5 Å². The summed E-state index contributed by atoms with van der Waals surface area (Å²) < 4.78 is 0. The Balaban J connectivity index is 1.69. The number of amides is 1. The summed E-state index contributed by atoms with van der Waals surface area (Å²) in [5, 5.41) is 25.9. The first-order chi connectivity index (χ1) is 18.3. The van der Waals surface area contributed by atoms with E-state index in [1.54, 1.807) is 30.3 Å². The summed E-state index contributed by atoms with van der Waals surface area (Å²) in [5.41, 5.74) is 2.68. The topological polar surface area (TPSA) is 121 Å². The number of aldehydes is 1. The fraction of sp³-hybridized carbons (Fsp3) is 0.0968. The zero-order chi connectivity index (χ0) is 27.0. The summed E-state index contributed by atoms with van der Waals surface area (Å²) in [7, 11) is 0. The monoisotopic (exact) mass is 505 g/mol. The van der Waals surface area contributed by atoms with Crippen LogP contribution in [0.2, 0.25) is 0 Å². The quantitative estimate of drug-likeness (QED) is 0.170. The van der Waals surface area contributed by atoms with E-state index in [4.69, 9.17) is 0 Å². The van der Waals surface area contributed by atoms with Gasteiger partial charge in [0.05, 0.1) is 5.56 Å². The number of aromatic carboxylic acids is 1. The van der Waals surface area contributed by atoms with Gasteiger partial charge >= 0.3 is 11.9 Å². The fourth-order valence-electron chi connectivity index (χ4n) is 5.10. The molecule has 0 radical (unpaired) electrons. The molecule has 7 heteroatoms. The van der Waals surface area contributed by atoms with Crippen molar-refractivity contribution in [3.05, 3.63) is 99.8 Å². The minimum absolute atomic E-state index is 0.00637. The zero-order valence-electron chi connectivity index (χ0n) is 20.4. The number of carbonyl (C=O) groups excluding carboxylic acids is 2.